The third-order valence-electron chi connectivity index (χ3n) is 2.89. The third-order valence-corrected chi connectivity index (χ3v) is 4.27. The number of benzene rings is 2. The van der Waals surface area contributed by atoms with Crippen LogP contribution in [0.25, 0.3) is 0 Å². The van der Waals surface area contributed by atoms with Gasteiger partial charge in [-0.1, -0.05) is 18.2 Å². The zero-order chi connectivity index (χ0) is 17.1. The molecule has 0 amide bonds. The van der Waals surface area contributed by atoms with Gasteiger partial charge in [-0.15, -0.1) is 0 Å². The number of alkyl halides is 3. The maximum absolute atomic E-state index is 12.8. The van der Waals surface area contributed by atoms with Gasteiger partial charge in [0.15, 0.2) is 0 Å². The smallest absolute Gasteiger partial charge is 0.277 e. The number of nitrogens with one attached hydrogen (secondary N) is 1. The van der Waals surface area contributed by atoms with Gasteiger partial charge in [-0.25, -0.2) is 8.42 Å². The van der Waals surface area contributed by atoms with Crippen molar-refractivity contribution in [3.8, 4) is 0 Å². The monoisotopic (exact) mass is 342 g/mol. The summed E-state index contributed by atoms with van der Waals surface area (Å²) in [5, 5.41) is 0. The second kappa shape index (κ2) is 6.41. The minimum absolute atomic E-state index is 0.00586. The molecule has 1 N–H and O–H groups in total. The summed E-state index contributed by atoms with van der Waals surface area (Å²) in [7, 11) is -3.91. The molecular weight excluding hydrogens is 329 g/mol. The Balaban J connectivity index is 2.44. The van der Waals surface area contributed by atoms with Crippen LogP contribution in [0.5, 0.6) is 0 Å². The number of nitrogens with zero attached hydrogens (tertiary/aromatic N) is 1. The lowest BCUT2D eigenvalue weighted by atomic mass is 10.1. The zero-order valence-electron chi connectivity index (χ0n) is 12.0. The first-order valence-electron chi connectivity index (χ1n) is 6.52. The van der Waals surface area contributed by atoms with E-state index in [4.69, 9.17) is 0 Å². The zero-order valence-corrected chi connectivity index (χ0v) is 12.8. The summed E-state index contributed by atoms with van der Waals surface area (Å²) < 4.78 is 65.0. The largest absolute Gasteiger partial charge is 0.416 e. The van der Waals surface area contributed by atoms with E-state index >= 15 is 0 Å². The molecule has 4 nitrogen and oxygen atoms in total. The van der Waals surface area contributed by atoms with E-state index in [1.54, 1.807) is 18.2 Å². The van der Waals surface area contributed by atoms with Crippen molar-refractivity contribution in [3.05, 3.63) is 54.1 Å². The van der Waals surface area contributed by atoms with Gasteiger partial charge in [0.05, 0.1) is 21.8 Å². The van der Waals surface area contributed by atoms with Gasteiger partial charge in [-0.05, 0) is 37.3 Å². The molecule has 0 atom stereocenters. The molecule has 23 heavy (non-hydrogen) atoms. The Kier molecular flexibility index (Phi) is 4.74. The summed E-state index contributed by atoms with van der Waals surface area (Å²) in [4.78, 5) is 3.81. The van der Waals surface area contributed by atoms with Gasteiger partial charge in [0.25, 0.3) is 10.0 Å². The molecule has 0 heterocycles. The second-order valence-electron chi connectivity index (χ2n) is 4.54. The average molecular weight is 342 g/mol. The summed E-state index contributed by atoms with van der Waals surface area (Å²) in [6.45, 7) is 1.52. The number of aliphatic imine (C=N–C) groups is 1. The van der Waals surface area contributed by atoms with E-state index in [0.717, 1.165) is 18.2 Å². The fraction of sp³-hybridized carbons (Fsp3) is 0.133. The molecule has 0 aliphatic heterocycles. The summed E-state index contributed by atoms with van der Waals surface area (Å²) in [5.74, 6) is 0. The molecule has 2 rings (SSSR count). The molecule has 0 saturated heterocycles. The van der Waals surface area contributed by atoms with Gasteiger partial charge in [0, 0.05) is 6.21 Å². The standard InChI is InChI=1S/C15H13F3N2O2S/c1-2-19-14-10-11(15(16,17)18)8-9-13(14)20-23(21,22)12-6-4-3-5-7-12/h2-10,20H,1H3. The van der Waals surface area contributed by atoms with Crippen LogP contribution in [-0.4, -0.2) is 14.6 Å². The van der Waals surface area contributed by atoms with Gasteiger partial charge in [0.1, 0.15) is 0 Å². The molecule has 0 saturated carbocycles. The molecule has 0 fully saturated rings. The number of rotatable bonds is 4. The molecule has 2 aromatic carbocycles. The van der Waals surface area contributed by atoms with Crippen LogP contribution in [0.15, 0.2) is 58.4 Å². The lowest BCUT2D eigenvalue weighted by Crippen LogP contribution is -2.13. The number of hydrogen-bond donors (Lipinski definition) is 1. The van der Waals surface area contributed by atoms with Gasteiger partial charge in [-0.2, -0.15) is 13.2 Å². The summed E-state index contributed by atoms with van der Waals surface area (Å²) in [6.07, 6.45) is -3.25. The van der Waals surface area contributed by atoms with Crippen molar-refractivity contribution in [3.63, 3.8) is 0 Å². The normalized spacial score (nSPS) is 12.5. The molecule has 0 aliphatic rings. The summed E-state index contributed by atoms with van der Waals surface area (Å²) in [6, 6.07) is 10.2. The highest BCUT2D eigenvalue weighted by Crippen LogP contribution is 2.36. The van der Waals surface area contributed by atoms with Crippen molar-refractivity contribution < 1.29 is 21.6 Å². The van der Waals surface area contributed by atoms with E-state index in [1.807, 2.05) is 0 Å². The maximum Gasteiger partial charge on any atom is 0.416 e. The topological polar surface area (TPSA) is 58.5 Å². The Morgan fingerprint density at radius 3 is 2.30 bits per heavy atom. The molecule has 0 aliphatic carbocycles. The molecule has 0 bridgehead atoms. The van der Waals surface area contributed by atoms with E-state index in [0.29, 0.717) is 0 Å². The summed E-state index contributed by atoms with van der Waals surface area (Å²) in [5.41, 5.74) is -1.04. The Bertz CT molecular complexity index is 816. The SMILES string of the molecule is CC=Nc1cc(C(F)(F)F)ccc1NS(=O)(=O)c1ccccc1. The number of hydrogen-bond acceptors (Lipinski definition) is 3. The molecule has 0 unspecified atom stereocenters. The van der Waals surface area contributed by atoms with Crippen molar-refractivity contribution >= 4 is 27.6 Å². The van der Waals surface area contributed by atoms with Gasteiger partial charge < -0.3 is 0 Å². The van der Waals surface area contributed by atoms with E-state index in [2.05, 4.69) is 9.71 Å². The first-order chi connectivity index (χ1) is 10.7. The van der Waals surface area contributed by atoms with Crippen LogP contribution in [0.1, 0.15) is 12.5 Å². The molecule has 8 heteroatoms. The average Bonchev–Trinajstić information content (AvgIpc) is 2.49. The third kappa shape index (κ3) is 4.10. The van der Waals surface area contributed by atoms with Crippen molar-refractivity contribution in [1.82, 2.24) is 0 Å². The van der Waals surface area contributed by atoms with Crippen LogP contribution in [0, 0.1) is 0 Å². The van der Waals surface area contributed by atoms with Gasteiger partial charge in [0.2, 0.25) is 0 Å². The molecular formula is C15H13F3N2O2S. The minimum atomic E-state index is -4.53. The Hall–Kier alpha value is -2.35. The van der Waals surface area contributed by atoms with E-state index in [9.17, 15) is 21.6 Å². The predicted octanol–water partition coefficient (Wildman–Crippen LogP) is 4.23. The molecule has 0 spiro atoms. The Morgan fingerprint density at radius 2 is 1.74 bits per heavy atom. The highest BCUT2D eigenvalue weighted by atomic mass is 32.2. The highest BCUT2D eigenvalue weighted by Gasteiger charge is 2.31. The second-order valence-corrected chi connectivity index (χ2v) is 6.22. The predicted molar refractivity (Wildman–Crippen MR) is 82.5 cm³/mol. The van der Waals surface area contributed by atoms with Crippen molar-refractivity contribution in [1.29, 1.82) is 0 Å². The molecule has 0 aromatic heterocycles. The maximum atomic E-state index is 12.8. The Labute approximate surface area is 131 Å². The van der Waals surface area contributed by atoms with Crippen LogP contribution in [0.2, 0.25) is 0 Å². The van der Waals surface area contributed by atoms with Crippen LogP contribution in [-0.2, 0) is 16.2 Å². The van der Waals surface area contributed by atoms with Crippen LogP contribution in [0.4, 0.5) is 24.5 Å². The van der Waals surface area contributed by atoms with E-state index in [1.165, 1.54) is 25.3 Å². The van der Waals surface area contributed by atoms with Crippen molar-refractivity contribution in [2.24, 2.45) is 4.99 Å². The first kappa shape index (κ1) is 17.0. The minimum Gasteiger partial charge on any atom is -0.277 e. The van der Waals surface area contributed by atoms with Crippen molar-refractivity contribution in [2.75, 3.05) is 4.72 Å². The van der Waals surface area contributed by atoms with Gasteiger partial charge >= 0.3 is 6.18 Å². The van der Waals surface area contributed by atoms with E-state index < -0.39 is 21.8 Å². The number of anilines is 1. The van der Waals surface area contributed by atoms with E-state index in [-0.39, 0.29) is 16.3 Å². The van der Waals surface area contributed by atoms with Crippen LogP contribution < -0.4 is 4.72 Å². The van der Waals surface area contributed by atoms with Crippen molar-refractivity contribution in [2.45, 2.75) is 18.0 Å². The fourth-order valence-corrected chi connectivity index (χ4v) is 2.94. The first-order valence-corrected chi connectivity index (χ1v) is 8.00. The quantitative estimate of drug-likeness (QED) is 0.846. The van der Waals surface area contributed by atoms with Crippen LogP contribution in [0.3, 0.4) is 0 Å². The van der Waals surface area contributed by atoms with Crippen LogP contribution >= 0.6 is 0 Å². The number of halogens is 3. The lowest BCUT2D eigenvalue weighted by Gasteiger charge is -2.13. The molecule has 122 valence electrons. The lowest BCUT2D eigenvalue weighted by molar-refractivity contribution is -0.137. The summed E-state index contributed by atoms with van der Waals surface area (Å²) >= 11 is 0. The van der Waals surface area contributed by atoms with Gasteiger partial charge in [-0.3, -0.25) is 9.71 Å². The highest BCUT2D eigenvalue weighted by molar-refractivity contribution is 7.92. The molecule has 2 aromatic rings. The molecule has 0 radical (unpaired) electrons. The number of sulfonamides is 1. The Morgan fingerprint density at radius 1 is 1.09 bits per heavy atom. The fourth-order valence-electron chi connectivity index (χ4n) is 1.84.